The number of alkyl halides is 2. The summed E-state index contributed by atoms with van der Waals surface area (Å²) in [5.74, 6) is -0.0653. The second-order valence-electron chi connectivity index (χ2n) is 7.86. The topological polar surface area (TPSA) is 68.2 Å². The van der Waals surface area contributed by atoms with Crippen molar-refractivity contribution in [2.75, 3.05) is 26.3 Å². The van der Waals surface area contributed by atoms with Gasteiger partial charge in [-0.1, -0.05) is 24.3 Å². The second-order valence-corrected chi connectivity index (χ2v) is 7.86. The molecule has 0 saturated carbocycles. The van der Waals surface area contributed by atoms with Crippen molar-refractivity contribution < 1.29 is 32.9 Å². The molecule has 0 bridgehead atoms. The maximum absolute atomic E-state index is 13.3. The zero-order valence-electron chi connectivity index (χ0n) is 17.1. The van der Waals surface area contributed by atoms with Crippen LogP contribution in [-0.2, 0) is 4.74 Å². The quantitative estimate of drug-likeness (QED) is 0.662. The molecule has 0 spiro atoms. The summed E-state index contributed by atoms with van der Waals surface area (Å²) in [4.78, 5) is 14.7. The molecule has 1 unspecified atom stereocenters. The fourth-order valence-electron chi connectivity index (χ4n) is 4.09. The summed E-state index contributed by atoms with van der Waals surface area (Å²) in [6.07, 6.45) is -3.30. The van der Waals surface area contributed by atoms with Gasteiger partial charge in [0.2, 0.25) is 0 Å². The Hall–Kier alpha value is -3.23. The molecule has 5 rings (SSSR count). The van der Waals surface area contributed by atoms with E-state index in [2.05, 4.69) is 9.47 Å². The SMILES string of the molecule is O=C(c1ccc2cc(-c3ccc4c(c3)OC(F)(F)O4)ccc2c1)N1CCOC(CCO)C1. The number of rotatable bonds is 4. The number of nitrogens with zero attached hydrogens (tertiary/aromatic N) is 1. The second kappa shape index (κ2) is 8.03. The largest absolute Gasteiger partial charge is 0.586 e. The number of fused-ring (bicyclic) bond motifs is 2. The third-order valence-corrected chi connectivity index (χ3v) is 5.70. The Bertz CT molecular complexity index is 1180. The van der Waals surface area contributed by atoms with Gasteiger partial charge in [-0.2, -0.15) is 0 Å². The molecular formula is C24H21F2NO5. The summed E-state index contributed by atoms with van der Waals surface area (Å²) >= 11 is 0. The first-order valence-corrected chi connectivity index (χ1v) is 10.4. The fourth-order valence-corrected chi connectivity index (χ4v) is 4.09. The number of aliphatic hydroxyl groups is 1. The number of hydrogen-bond donors (Lipinski definition) is 1. The molecule has 1 N–H and O–H groups in total. The average Bonchev–Trinajstić information content (AvgIpc) is 3.11. The number of ether oxygens (including phenoxy) is 3. The molecule has 1 amide bonds. The van der Waals surface area contributed by atoms with Gasteiger partial charge < -0.3 is 24.2 Å². The van der Waals surface area contributed by atoms with Gasteiger partial charge in [0.25, 0.3) is 5.91 Å². The van der Waals surface area contributed by atoms with Crippen LogP contribution in [0.4, 0.5) is 8.78 Å². The monoisotopic (exact) mass is 441 g/mol. The predicted octanol–water partition coefficient (Wildman–Crippen LogP) is 4.05. The van der Waals surface area contributed by atoms with Gasteiger partial charge in [-0.25, -0.2) is 0 Å². The van der Waals surface area contributed by atoms with Crippen LogP contribution in [0.1, 0.15) is 16.8 Å². The van der Waals surface area contributed by atoms with E-state index in [1.54, 1.807) is 17.0 Å². The lowest BCUT2D eigenvalue weighted by Crippen LogP contribution is -2.45. The first-order chi connectivity index (χ1) is 15.4. The van der Waals surface area contributed by atoms with Gasteiger partial charge in [0.15, 0.2) is 11.5 Å². The molecule has 0 aromatic heterocycles. The Kier molecular flexibility index (Phi) is 5.19. The summed E-state index contributed by atoms with van der Waals surface area (Å²) in [6.45, 7) is 1.45. The highest BCUT2D eigenvalue weighted by molar-refractivity contribution is 5.99. The normalized spacial score (nSPS) is 19.3. The van der Waals surface area contributed by atoms with Crippen LogP contribution in [0.2, 0.25) is 0 Å². The van der Waals surface area contributed by atoms with Crippen LogP contribution >= 0.6 is 0 Å². The van der Waals surface area contributed by atoms with Crippen molar-refractivity contribution in [2.45, 2.75) is 18.8 Å². The minimum absolute atomic E-state index is 0.00134. The van der Waals surface area contributed by atoms with E-state index in [-0.39, 0.29) is 30.1 Å². The lowest BCUT2D eigenvalue weighted by atomic mass is 9.99. The van der Waals surface area contributed by atoms with Crippen molar-refractivity contribution in [1.29, 1.82) is 0 Å². The van der Waals surface area contributed by atoms with Crippen LogP contribution in [0.3, 0.4) is 0 Å². The van der Waals surface area contributed by atoms with Crippen LogP contribution in [0.15, 0.2) is 54.6 Å². The zero-order valence-corrected chi connectivity index (χ0v) is 17.1. The van der Waals surface area contributed by atoms with E-state index in [4.69, 9.17) is 9.84 Å². The fraction of sp³-hybridized carbons (Fsp3) is 0.292. The molecule has 0 radical (unpaired) electrons. The average molecular weight is 441 g/mol. The van der Waals surface area contributed by atoms with Gasteiger partial charge in [-0.3, -0.25) is 4.79 Å². The molecule has 1 saturated heterocycles. The smallest absolute Gasteiger partial charge is 0.396 e. The molecule has 166 valence electrons. The van der Waals surface area contributed by atoms with Crippen molar-refractivity contribution >= 4 is 16.7 Å². The maximum atomic E-state index is 13.3. The number of halogens is 2. The zero-order chi connectivity index (χ0) is 22.3. The van der Waals surface area contributed by atoms with Gasteiger partial charge >= 0.3 is 6.29 Å². The van der Waals surface area contributed by atoms with Crippen molar-refractivity contribution in [3.05, 3.63) is 60.2 Å². The number of carbonyl (C=O) groups is 1. The first kappa shape index (κ1) is 20.7. The molecule has 1 atom stereocenters. The molecular weight excluding hydrogens is 420 g/mol. The van der Waals surface area contributed by atoms with E-state index in [1.807, 2.05) is 30.3 Å². The summed E-state index contributed by atoms with van der Waals surface area (Å²) in [7, 11) is 0. The third kappa shape index (κ3) is 3.99. The Balaban J connectivity index is 1.38. The molecule has 0 aliphatic carbocycles. The molecule has 1 fully saturated rings. The van der Waals surface area contributed by atoms with E-state index >= 15 is 0 Å². The highest BCUT2D eigenvalue weighted by Crippen LogP contribution is 2.43. The standard InChI is InChI=1S/C24H21F2NO5/c25-24(26)31-21-6-5-18(13-22(21)32-24)16-1-2-17-12-19(4-3-15(17)11-16)23(29)27-8-10-30-20(14-27)7-9-28/h1-6,11-13,20,28H,7-10,14H2. The van der Waals surface area contributed by atoms with E-state index in [0.717, 1.165) is 21.9 Å². The van der Waals surface area contributed by atoms with Crippen LogP contribution in [0, 0.1) is 0 Å². The number of carbonyl (C=O) groups excluding carboxylic acids is 1. The minimum Gasteiger partial charge on any atom is -0.396 e. The van der Waals surface area contributed by atoms with Gasteiger partial charge in [-0.15, -0.1) is 8.78 Å². The molecule has 2 aliphatic rings. The van der Waals surface area contributed by atoms with Crippen molar-refractivity contribution in [1.82, 2.24) is 4.90 Å². The number of hydrogen-bond acceptors (Lipinski definition) is 5. The van der Waals surface area contributed by atoms with E-state index in [1.165, 1.54) is 12.1 Å². The highest BCUT2D eigenvalue weighted by Gasteiger charge is 2.43. The van der Waals surface area contributed by atoms with Gasteiger partial charge in [0.05, 0.1) is 12.7 Å². The predicted molar refractivity (Wildman–Crippen MR) is 113 cm³/mol. The first-order valence-electron chi connectivity index (χ1n) is 10.4. The molecule has 8 heteroatoms. The number of morpholine rings is 1. The molecule has 2 aliphatic heterocycles. The van der Waals surface area contributed by atoms with E-state index in [0.29, 0.717) is 31.7 Å². The van der Waals surface area contributed by atoms with Gasteiger partial charge in [-0.05, 0) is 58.7 Å². The third-order valence-electron chi connectivity index (χ3n) is 5.70. The van der Waals surface area contributed by atoms with Crippen LogP contribution in [0.25, 0.3) is 21.9 Å². The Morgan fingerprint density at radius 1 is 1.00 bits per heavy atom. The maximum Gasteiger partial charge on any atom is 0.586 e. The number of amides is 1. The van der Waals surface area contributed by atoms with Crippen molar-refractivity contribution in [3.63, 3.8) is 0 Å². The lowest BCUT2D eigenvalue weighted by molar-refractivity contribution is -0.286. The summed E-state index contributed by atoms with van der Waals surface area (Å²) in [6, 6.07) is 15.9. The summed E-state index contributed by atoms with van der Waals surface area (Å²) in [5, 5.41) is 10.9. The van der Waals surface area contributed by atoms with Gasteiger partial charge in [0, 0.05) is 25.3 Å². The molecule has 6 nitrogen and oxygen atoms in total. The summed E-state index contributed by atoms with van der Waals surface area (Å²) in [5.41, 5.74) is 2.13. The van der Waals surface area contributed by atoms with Crippen LogP contribution in [0.5, 0.6) is 11.5 Å². The Morgan fingerprint density at radius 2 is 1.72 bits per heavy atom. The number of aliphatic hydroxyl groups excluding tert-OH is 1. The molecule has 3 aromatic carbocycles. The molecule has 3 aromatic rings. The van der Waals surface area contributed by atoms with Crippen LogP contribution in [-0.4, -0.2) is 54.6 Å². The van der Waals surface area contributed by atoms with E-state index in [9.17, 15) is 13.6 Å². The lowest BCUT2D eigenvalue weighted by Gasteiger charge is -2.32. The van der Waals surface area contributed by atoms with E-state index < -0.39 is 6.29 Å². The minimum atomic E-state index is -3.65. The van der Waals surface area contributed by atoms with Crippen LogP contribution < -0.4 is 9.47 Å². The molecule has 2 heterocycles. The Morgan fingerprint density at radius 3 is 2.56 bits per heavy atom. The van der Waals surface area contributed by atoms with Crippen molar-refractivity contribution in [3.8, 4) is 22.6 Å². The van der Waals surface area contributed by atoms with Crippen molar-refractivity contribution in [2.24, 2.45) is 0 Å². The Labute approximate surface area is 182 Å². The highest BCUT2D eigenvalue weighted by atomic mass is 19.3. The molecule has 32 heavy (non-hydrogen) atoms. The van der Waals surface area contributed by atoms with Gasteiger partial charge in [0.1, 0.15) is 0 Å². The summed E-state index contributed by atoms with van der Waals surface area (Å²) < 4.78 is 41.1. The number of benzene rings is 3.